The second-order valence-corrected chi connectivity index (χ2v) is 37.8. The van der Waals surface area contributed by atoms with Gasteiger partial charge < -0.3 is 0 Å². The molecule has 0 saturated heterocycles. The van der Waals surface area contributed by atoms with E-state index in [0.717, 1.165) is 0 Å². The van der Waals surface area contributed by atoms with Crippen LogP contribution in [-0.2, 0) is 20.0 Å². The Kier molecular flexibility index (Phi) is 7.73. The third kappa shape index (κ3) is 4.55. The fourth-order valence-electron chi connectivity index (χ4n) is 11.9. The van der Waals surface area contributed by atoms with E-state index >= 15 is 0 Å². The normalized spacial score (nSPS) is 18.9. The van der Waals surface area contributed by atoms with E-state index in [1.807, 2.05) is 0 Å². The minimum atomic E-state index is -3.52. The van der Waals surface area contributed by atoms with Gasteiger partial charge in [0.25, 0.3) is 0 Å². The summed E-state index contributed by atoms with van der Waals surface area (Å²) in [7, 11) is -3.06. The van der Waals surface area contributed by atoms with Gasteiger partial charge in [0.2, 0.25) is 0 Å². The minimum absolute atomic E-state index is 0.436. The number of hydrogen-bond acceptors (Lipinski definition) is 0. The van der Waals surface area contributed by atoms with Gasteiger partial charge in [-0.2, -0.15) is 0 Å². The zero-order chi connectivity index (χ0) is 37.8. The van der Waals surface area contributed by atoms with Gasteiger partial charge in [0, 0.05) is 0 Å². The van der Waals surface area contributed by atoms with Crippen molar-refractivity contribution in [3.05, 3.63) is 227 Å². The van der Waals surface area contributed by atoms with Gasteiger partial charge in [-0.1, -0.05) is 0 Å². The van der Waals surface area contributed by atoms with Crippen molar-refractivity contribution in [1.29, 1.82) is 0 Å². The van der Waals surface area contributed by atoms with Crippen molar-refractivity contribution in [2.24, 2.45) is 0 Å². The molecule has 0 saturated carbocycles. The molecule has 0 nitrogen and oxygen atoms in total. The van der Waals surface area contributed by atoms with Gasteiger partial charge in [-0.05, 0) is 0 Å². The van der Waals surface area contributed by atoms with Gasteiger partial charge >= 0.3 is 339 Å². The summed E-state index contributed by atoms with van der Waals surface area (Å²) in [5.41, 5.74) is 15.1. The summed E-state index contributed by atoms with van der Waals surface area (Å²) >= 11 is -3.52. The van der Waals surface area contributed by atoms with E-state index < -0.39 is 28.0 Å². The summed E-state index contributed by atoms with van der Waals surface area (Å²) in [5.74, 6) is 0. The van der Waals surface area contributed by atoms with Crippen LogP contribution in [0.1, 0.15) is 54.6 Å². The van der Waals surface area contributed by atoms with Gasteiger partial charge in [-0.25, -0.2) is 0 Å². The van der Waals surface area contributed by atoms with Crippen molar-refractivity contribution >= 4 is 61.5 Å². The number of benzene rings is 8. The van der Waals surface area contributed by atoms with Crippen LogP contribution in [0.3, 0.4) is 0 Å². The molecule has 0 aromatic heterocycles. The Labute approximate surface area is 336 Å². The van der Waals surface area contributed by atoms with Gasteiger partial charge in [0.05, 0.1) is 0 Å². The third-order valence-corrected chi connectivity index (χ3v) is 34.7. The van der Waals surface area contributed by atoms with Gasteiger partial charge in [-0.15, -0.1) is 0 Å². The van der Waals surface area contributed by atoms with Crippen LogP contribution in [0.25, 0.3) is 32.7 Å². The molecule has 1 aliphatic heterocycles. The quantitative estimate of drug-likeness (QED) is 0.154. The van der Waals surface area contributed by atoms with Crippen LogP contribution in [0.15, 0.2) is 193 Å². The molecule has 2 aliphatic carbocycles. The van der Waals surface area contributed by atoms with E-state index in [1.165, 1.54) is 75.7 Å². The Morgan fingerprint density at radius 3 is 1.21 bits per heavy atom. The predicted molar refractivity (Wildman–Crippen MR) is 239 cm³/mol. The summed E-state index contributed by atoms with van der Waals surface area (Å²) in [6, 6.07) is 70.5. The molecular formula is C54H44HfSi. The van der Waals surface area contributed by atoms with E-state index in [0.29, 0.717) is 7.35 Å². The van der Waals surface area contributed by atoms with Gasteiger partial charge in [-0.3, -0.25) is 0 Å². The maximum absolute atomic E-state index is 3.52. The number of fused-ring (bicyclic) bond motifs is 2. The topological polar surface area (TPSA) is 0 Å². The molecule has 0 spiro atoms. The molecule has 2 atom stereocenters. The summed E-state index contributed by atoms with van der Waals surface area (Å²) in [5, 5.41) is 11.2. The molecule has 8 aromatic carbocycles. The first kappa shape index (κ1) is 34.1. The van der Waals surface area contributed by atoms with Crippen LogP contribution in [0, 0.1) is 0 Å². The molecule has 0 fully saturated rings. The van der Waals surface area contributed by atoms with E-state index in [2.05, 4.69) is 205 Å². The summed E-state index contributed by atoms with van der Waals surface area (Å²) in [6.45, 7) is 5.05. The summed E-state index contributed by atoms with van der Waals surface area (Å²) in [4.78, 5) is 0. The molecule has 8 aromatic rings. The average Bonchev–Trinajstić information content (AvgIpc) is 3.72. The second-order valence-electron chi connectivity index (χ2n) is 16.9. The number of hydrogen-bond donors (Lipinski definition) is 0. The van der Waals surface area contributed by atoms with Crippen LogP contribution >= 0.6 is 0 Å². The Morgan fingerprint density at radius 1 is 0.393 bits per heavy atom. The first-order valence-corrected chi connectivity index (χ1v) is 33.5. The van der Waals surface area contributed by atoms with E-state index in [4.69, 9.17) is 0 Å². The fourth-order valence-corrected chi connectivity index (χ4v) is 34.9. The molecule has 56 heavy (non-hydrogen) atoms. The van der Waals surface area contributed by atoms with Crippen molar-refractivity contribution in [3.8, 4) is 0 Å². The average molecular weight is 900 g/mol. The van der Waals surface area contributed by atoms with Gasteiger partial charge in [0.1, 0.15) is 0 Å². The van der Waals surface area contributed by atoms with Crippen molar-refractivity contribution in [3.63, 3.8) is 0 Å². The molecule has 8 bridgehead atoms. The zero-order valence-electron chi connectivity index (χ0n) is 32.5. The SMILES string of the molecule is CC1=C(c2cccc3ccccc23)c2c3cccc2[Si](c2ccccc2)(c2ccccc2)c2cccc4c2C(c2cccc5ccccc25)=C(C)[CH]4[Hf]([CH3])([CH3])[CH]13. The fraction of sp³-hybridized carbons (Fsp3) is 0.111. The van der Waals surface area contributed by atoms with Crippen LogP contribution < -0.4 is 20.7 Å². The molecule has 0 amide bonds. The van der Waals surface area contributed by atoms with Gasteiger partial charge in [0.15, 0.2) is 0 Å². The van der Waals surface area contributed by atoms with Crippen LogP contribution in [0.4, 0.5) is 0 Å². The Bertz CT molecular complexity index is 2760. The summed E-state index contributed by atoms with van der Waals surface area (Å²) in [6.07, 6.45) is 0. The monoisotopic (exact) mass is 900 g/mol. The molecule has 3 aliphatic rings. The molecule has 268 valence electrons. The first-order chi connectivity index (χ1) is 27.4. The van der Waals surface area contributed by atoms with Crippen LogP contribution in [0.5, 0.6) is 0 Å². The Balaban J connectivity index is 1.38. The van der Waals surface area contributed by atoms with Crippen LogP contribution in [0.2, 0.25) is 9.36 Å². The summed E-state index contributed by atoms with van der Waals surface area (Å²) < 4.78 is 6.46. The van der Waals surface area contributed by atoms with Crippen molar-refractivity contribution in [2.75, 3.05) is 0 Å². The molecule has 2 heteroatoms. The van der Waals surface area contributed by atoms with Crippen LogP contribution in [-0.4, -0.2) is 8.07 Å². The molecule has 0 N–H and O–H groups in total. The third-order valence-electron chi connectivity index (χ3n) is 13.8. The van der Waals surface area contributed by atoms with Crippen molar-refractivity contribution in [2.45, 2.75) is 30.6 Å². The standard InChI is InChI=1S/C52H38Si.2CH3.Hf/c1-35-33-39-21-15-31-47(51(39)49(35)45-29-13-19-37-17-9-11-27-43(37)45)53(41-23-5-3-6-24-41,42-25-7-4-8-26-42)48-32-16-22-40-34-36(2)50(52(40)48)46-30-14-20-38-18-10-12-28-44(38)46;;;/h3-34H,1-2H3;2*1H3;. The van der Waals surface area contributed by atoms with Crippen molar-refractivity contribution < 1.29 is 20.0 Å². The molecular weight excluding hydrogens is 855 g/mol. The number of allylic oxidation sites excluding steroid dienone is 2. The Hall–Kier alpha value is -5.15. The molecule has 11 rings (SSSR count). The van der Waals surface area contributed by atoms with E-state index in [-0.39, 0.29) is 0 Å². The molecule has 1 heterocycles. The number of rotatable bonds is 4. The van der Waals surface area contributed by atoms with E-state index in [1.54, 1.807) is 22.3 Å². The predicted octanol–water partition coefficient (Wildman–Crippen LogP) is 11.4. The van der Waals surface area contributed by atoms with E-state index in [9.17, 15) is 0 Å². The molecule has 0 radical (unpaired) electrons. The first-order valence-electron chi connectivity index (χ1n) is 20.2. The maximum atomic E-state index is 2.79. The second kappa shape index (κ2) is 12.7. The zero-order valence-corrected chi connectivity index (χ0v) is 37.1. The Morgan fingerprint density at radius 2 is 0.768 bits per heavy atom. The van der Waals surface area contributed by atoms with Crippen molar-refractivity contribution in [1.82, 2.24) is 0 Å². The molecule has 2 unspecified atom stereocenters.